The lowest BCUT2D eigenvalue weighted by molar-refractivity contribution is 0.355. The third-order valence-electron chi connectivity index (χ3n) is 2.85. The van der Waals surface area contributed by atoms with Crippen molar-refractivity contribution in [2.75, 3.05) is 19.5 Å². The first-order valence-corrected chi connectivity index (χ1v) is 7.33. The maximum Gasteiger partial charge on any atom is 0.183 e. The number of ether oxygens (including phenoxy) is 2. The SMILES string of the molecule is COc1ccc(-c2sc(NC(C)C)nc2C)cc1OC. The zero-order chi connectivity index (χ0) is 14.7. The summed E-state index contributed by atoms with van der Waals surface area (Å²) in [6.07, 6.45) is 0. The van der Waals surface area contributed by atoms with E-state index >= 15 is 0 Å². The van der Waals surface area contributed by atoms with Crippen LogP contribution in [0.15, 0.2) is 18.2 Å². The molecule has 0 amide bonds. The van der Waals surface area contributed by atoms with E-state index in [1.165, 1.54) is 0 Å². The molecule has 2 rings (SSSR count). The van der Waals surface area contributed by atoms with Gasteiger partial charge >= 0.3 is 0 Å². The van der Waals surface area contributed by atoms with E-state index in [9.17, 15) is 0 Å². The fourth-order valence-electron chi connectivity index (χ4n) is 1.95. The summed E-state index contributed by atoms with van der Waals surface area (Å²) in [7, 11) is 3.28. The van der Waals surface area contributed by atoms with Crippen molar-refractivity contribution in [3.8, 4) is 21.9 Å². The van der Waals surface area contributed by atoms with Gasteiger partial charge in [-0.15, -0.1) is 0 Å². The molecule has 20 heavy (non-hydrogen) atoms. The average molecular weight is 292 g/mol. The zero-order valence-corrected chi connectivity index (χ0v) is 13.3. The van der Waals surface area contributed by atoms with Gasteiger partial charge < -0.3 is 14.8 Å². The Morgan fingerprint density at radius 2 is 1.85 bits per heavy atom. The Bertz CT molecular complexity index is 594. The van der Waals surface area contributed by atoms with Gasteiger partial charge in [0, 0.05) is 6.04 Å². The van der Waals surface area contributed by atoms with E-state index < -0.39 is 0 Å². The van der Waals surface area contributed by atoms with Crippen LogP contribution in [0.25, 0.3) is 10.4 Å². The van der Waals surface area contributed by atoms with Gasteiger partial charge in [0.1, 0.15) is 0 Å². The normalized spacial score (nSPS) is 10.7. The highest BCUT2D eigenvalue weighted by Gasteiger charge is 2.13. The summed E-state index contributed by atoms with van der Waals surface area (Å²) in [5.41, 5.74) is 2.11. The number of nitrogens with one attached hydrogen (secondary N) is 1. The van der Waals surface area contributed by atoms with Gasteiger partial charge in [-0.1, -0.05) is 11.3 Å². The van der Waals surface area contributed by atoms with Gasteiger partial charge in [-0.3, -0.25) is 0 Å². The van der Waals surface area contributed by atoms with Crippen molar-refractivity contribution in [1.29, 1.82) is 0 Å². The molecule has 0 aliphatic heterocycles. The molecule has 0 bridgehead atoms. The van der Waals surface area contributed by atoms with E-state index in [0.29, 0.717) is 6.04 Å². The van der Waals surface area contributed by atoms with Crippen molar-refractivity contribution in [1.82, 2.24) is 4.98 Å². The smallest absolute Gasteiger partial charge is 0.183 e. The number of thiazole rings is 1. The van der Waals surface area contributed by atoms with Gasteiger partial charge in [0.2, 0.25) is 0 Å². The minimum atomic E-state index is 0.374. The Morgan fingerprint density at radius 1 is 1.15 bits per heavy atom. The minimum Gasteiger partial charge on any atom is -0.493 e. The van der Waals surface area contributed by atoms with Gasteiger partial charge in [0.05, 0.1) is 24.8 Å². The summed E-state index contributed by atoms with van der Waals surface area (Å²) in [6.45, 7) is 6.23. The van der Waals surface area contributed by atoms with E-state index in [0.717, 1.165) is 32.8 Å². The molecule has 0 fully saturated rings. The van der Waals surface area contributed by atoms with Gasteiger partial charge in [0.15, 0.2) is 16.6 Å². The molecular weight excluding hydrogens is 272 g/mol. The molecule has 0 saturated carbocycles. The predicted octanol–water partition coefficient (Wildman–Crippen LogP) is 3.96. The molecule has 0 unspecified atom stereocenters. The summed E-state index contributed by atoms with van der Waals surface area (Å²) in [5.74, 6) is 1.47. The number of aromatic nitrogens is 1. The van der Waals surface area contributed by atoms with Crippen molar-refractivity contribution < 1.29 is 9.47 Å². The van der Waals surface area contributed by atoms with E-state index in [1.807, 2.05) is 25.1 Å². The van der Waals surface area contributed by atoms with Crippen LogP contribution in [-0.4, -0.2) is 25.2 Å². The van der Waals surface area contributed by atoms with Crippen molar-refractivity contribution in [3.05, 3.63) is 23.9 Å². The first-order chi connectivity index (χ1) is 9.55. The topological polar surface area (TPSA) is 43.4 Å². The van der Waals surface area contributed by atoms with Crippen molar-refractivity contribution in [2.24, 2.45) is 0 Å². The van der Waals surface area contributed by atoms with Gasteiger partial charge in [-0.2, -0.15) is 0 Å². The number of methoxy groups -OCH3 is 2. The summed E-state index contributed by atoms with van der Waals surface area (Å²) in [4.78, 5) is 5.71. The highest BCUT2D eigenvalue weighted by Crippen LogP contribution is 2.37. The zero-order valence-electron chi connectivity index (χ0n) is 12.5. The molecular formula is C15H20N2O2S. The largest absolute Gasteiger partial charge is 0.493 e. The molecule has 0 aliphatic rings. The molecule has 0 spiro atoms. The number of benzene rings is 1. The number of rotatable bonds is 5. The number of hydrogen-bond acceptors (Lipinski definition) is 5. The molecule has 0 saturated heterocycles. The molecule has 4 nitrogen and oxygen atoms in total. The molecule has 0 atom stereocenters. The quantitative estimate of drug-likeness (QED) is 0.906. The van der Waals surface area contributed by atoms with Crippen LogP contribution in [0.5, 0.6) is 11.5 Å². The second-order valence-corrected chi connectivity index (χ2v) is 5.80. The third kappa shape index (κ3) is 3.04. The lowest BCUT2D eigenvalue weighted by Gasteiger charge is -2.09. The standard InChI is InChI=1S/C15H20N2O2S/c1-9(2)16-15-17-10(3)14(20-15)11-6-7-12(18-4)13(8-11)19-5/h6-9H,1-5H3,(H,16,17). The van der Waals surface area contributed by atoms with E-state index in [2.05, 4.69) is 24.1 Å². The van der Waals surface area contributed by atoms with Crippen LogP contribution in [0.2, 0.25) is 0 Å². The van der Waals surface area contributed by atoms with Crippen LogP contribution >= 0.6 is 11.3 Å². The molecule has 0 radical (unpaired) electrons. The molecule has 1 aromatic carbocycles. The van der Waals surface area contributed by atoms with Crippen LogP contribution in [0.1, 0.15) is 19.5 Å². The summed E-state index contributed by atoms with van der Waals surface area (Å²) >= 11 is 1.65. The number of aryl methyl sites for hydroxylation is 1. The van der Waals surface area contributed by atoms with Gasteiger partial charge in [0.25, 0.3) is 0 Å². The second-order valence-electron chi connectivity index (χ2n) is 4.80. The molecule has 0 aliphatic carbocycles. The fourth-order valence-corrected chi connectivity index (χ4v) is 3.06. The summed E-state index contributed by atoms with van der Waals surface area (Å²) in [6, 6.07) is 6.31. The van der Waals surface area contributed by atoms with E-state index in [4.69, 9.17) is 9.47 Å². The Kier molecular flexibility index (Phi) is 4.49. The maximum atomic E-state index is 5.35. The first kappa shape index (κ1) is 14.7. The number of hydrogen-bond donors (Lipinski definition) is 1. The Labute approximate surface area is 123 Å². The van der Waals surface area contributed by atoms with Crippen LogP contribution < -0.4 is 14.8 Å². The number of nitrogens with zero attached hydrogens (tertiary/aromatic N) is 1. The highest BCUT2D eigenvalue weighted by molar-refractivity contribution is 7.19. The third-order valence-corrected chi connectivity index (χ3v) is 3.99. The lowest BCUT2D eigenvalue weighted by Crippen LogP contribution is -2.08. The van der Waals surface area contributed by atoms with Gasteiger partial charge in [-0.25, -0.2) is 4.98 Å². The number of anilines is 1. The molecule has 1 heterocycles. The molecule has 5 heteroatoms. The minimum absolute atomic E-state index is 0.374. The molecule has 2 aromatic rings. The fraction of sp³-hybridized carbons (Fsp3) is 0.400. The summed E-state index contributed by atoms with van der Waals surface area (Å²) in [5, 5.41) is 4.28. The predicted molar refractivity (Wildman–Crippen MR) is 84.1 cm³/mol. The van der Waals surface area contributed by atoms with Crippen molar-refractivity contribution in [3.63, 3.8) is 0 Å². The first-order valence-electron chi connectivity index (χ1n) is 6.51. The van der Waals surface area contributed by atoms with Crippen LogP contribution in [-0.2, 0) is 0 Å². The van der Waals surface area contributed by atoms with E-state index in [1.54, 1.807) is 25.6 Å². The Hall–Kier alpha value is -1.75. The average Bonchev–Trinajstić information content (AvgIpc) is 2.77. The molecule has 1 N–H and O–H groups in total. The van der Waals surface area contributed by atoms with Gasteiger partial charge in [-0.05, 0) is 44.5 Å². The second kappa shape index (κ2) is 6.13. The van der Waals surface area contributed by atoms with Crippen LogP contribution in [0.3, 0.4) is 0 Å². The summed E-state index contributed by atoms with van der Waals surface area (Å²) < 4.78 is 10.6. The van der Waals surface area contributed by atoms with Crippen LogP contribution in [0, 0.1) is 6.92 Å². The highest BCUT2D eigenvalue weighted by atomic mass is 32.1. The van der Waals surface area contributed by atoms with Crippen molar-refractivity contribution in [2.45, 2.75) is 26.8 Å². The van der Waals surface area contributed by atoms with Crippen LogP contribution in [0.4, 0.5) is 5.13 Å². The van der Waals surface area contributed by atoms with E-state index in [-0.39, 0.29) is 0 Å². The maximum absolute atomic E-state index is 5.35. The Balaban J connectivity index is 2.38. The molecule has 1 aromatic heterocycles. The monoisotopic (exact) mass is 292 g/mol. The molecule has 108 valence electrons. The Morgan fingerprint density at radius 3 is 2.45 bits per heavy atom. The lowest BCUT2D eigenvalue weighted by atomic mass is 10.1. The van der Waals surface area contributed by atoms with Crippen molar-refractivity contribution >= 4 is 16.5 Å².